The molecule has 0 aliphatic carbocycles. The summed E-state index contributed by atoms with van der Waals surface area (Å²) in [5, 5.41) is 18.7. The summed E-state index contributed by atoms with van der Waals surface area (Å²) in [5.74, 6) is 1.55. The second kappa shape index (κ2) is 9.17. The predicted octanol–water partition coefficient (Wildman–Crippen LogP) is 3.75. The summed E-state index contributed by atoms with van der Waals surface area (Å²) < 4.78 is 2.05. The zero-order chi connectivity index (χ0) is 20.9. The molecule has 4 rings (SSSR count). The number of carbonyl (C=O) groups is 1. The van der Waals surface area contributed by atoms with Crippen LogP contribution in [-0.4, -0.2) is 49.5 Å². The minimum absolute atomic E-state index is 0.105. The van der Waals surface area contributed by atoms with Crippen LogP contribution in [0.3, 0.4) is 0 Å². The molecule has 6 nitrogen and oxygen atoms in total. The lowest BCUT2D eigenvalue weighted by atomic mass is 9.99. The van der Waals surface area contributed by atoms with Gasteiger partial charge >= 0.3 is 0 Å². The molecular weight excluding hydrogens is 396 g/mol. The summed E-state index contributed by atoms with van der Waals surface area (Å²) in [6.45, 7) is 3.92. The van der Waals surface area contributed by atoms with Crippen molar-refractivity contribution in [2.75, 3.05) is 18.8 Å². The van der Waals surface area contributed by atoms with Gasteiger partial charge in [0.05, 0.1) is 12.3 Å². The number of nitrogens with zero attached hydrogens (tertiary/aromatic N) is 4. The topological polar surface area (TPSA) is 71.2 Å². The lowest BCUT2D eigenvalue weighted by Crippen LogP contribution is -2.35. The summed E-state index contributed by atoms with van der Waals surface area (Å²) in [4.78, 5) is 14.6. The van der Waals surface area contributed by atoms with Gasteiger partial charge in [-0.15, -0.1) is 10.2 Å². The smallest absolute Gasteiger partial charge is 0.233 e. The molecule has 1 aromatic heterocycles. The number of benzene rings is 2. The van der Waals surface area contributed by atoms with Crippen LogP contribution in [0.2, 0.25) is 0 Å². The van der Waals surface area contributed by atoms with E-state index < -0.39 is 0 Å². The number of carbonyl (C=O) groups excluding carboxylic acids is 1. The molecule has 30 heavy (non-hydrogen) atoms. The van der Waals surface area contributed by atoms with Crippen LogP contribution < -0.4 is 0 Å². The van der Waals surface area contributed by atoms with E-state index in [2.05, 4.69) is 28.4 Å². The van der Waals surface area contributed by atoms with Crippen LogP contribution in [0.1, 0.15) is 23.4 Å². The van der Waals surface area contributed by atoms with Gasteiger partial charge in [-0.2, -0.15) is 0 Å². The van der Waals surface area contributed by atoms with Crippen molar-refractivity contribution >= 4 is 23.2 Å². The molecule has 0 atom stereocenters. The second-order valence-electron chi connectivity index (χ2n) is 7.26. The van der Waals surface area contributed by atoms with Crippen molar-refractivity contribution in [3.8, 4) is 5.75 Å². The summed E-state index contributed by atoms with van der Waals surface area (Å²) in [6.07, 6.45) is 2.91. The first-order chi connectivity index (χ1) is 14.6. The third-order valence-electron chi connectivity index (χ3n) is 5.21. The monoisotopic (exact) mass is 420 g/mol. The average Bonchev–Trinajstić information content (AvgIpc) is 3.13. The maximum absolute atomic E-state index is 12.7. The minimum Gasteiger partial charge on any atom is -0.508 e. The second-order valence-corrected chi connectivity index (χ2v) is 8.20. The molecule has 1 aliphatic heterocycles. The Morgan fingerprint density at radius 3 is 2.57 bits per heavy atom. The Morgan fingerprint density at radius 2 is 1.87 bits per heavy atom. The van der Waals surface area contributed by atoms with Gasteiger partial charge in [-0.05, 0) is 42.2 Å². The molecule has 0 unspecified atom stereocenters. The van der Waals surface area contributed by atoms with Crippen LogP contribution in [0, 0.1) is 6.92 Å². The molecule has 0 fully saturated rings. The summed E-state index contributed by atoms with van der Waals surface area (Å²) >= 11 is 1.44. The van der Waals surface area contributed by atoms with Crippen molar-refractivity contribution in [3.63, 3.8) is 0 Å². The molecule has 0 saturated heterocycles. The van der Waals surface area contributed by atoms with E-state index in [0.29, 0.717) is 25.4 Å². The fourth-order valence-electron chi connectivity index (χ4n) is 3.47. The Kier molecular flexibility index (Phi) is 6.18. The Morgan fingerprint density at radius 1 is 1.10 bits per heavy atom. The first kappa shape index (κ1) is 20.2. The quantitative estimate of drug-likeness (QED) is 0.615. The van der Waals surface area contributed by atoms with E-state index >= 15 is 0 Å². The summed E-state index contributed by atoms with van der Waals surface area (Å²) in [5.41, 5.74) is 3.49. The number of aryl methyl sites for hydroxylation is 1. The molecule has 1 aliphatic rings. The highest BCUT2D eigenvalue weighted by Gasteiger charge is 2.19. The molecule has 3 aromatic rings. The number of aromatic nitrogens is 3. The first-order valence-electron chi connectivity index (χ1n) is 9.93. The van der Waals surface area contributed by atoms with E-state index in [0.717, 1.165) is 23.0 Å². The molecule has 2 heterocycles. The standard InChI is InChI=1S/C23H24N4O2S/c1-17-24-25-23(27(17)15-18-5-3-2-4-6-18)30-16-22(29)26-13-11-20(12-14-26)19-7-9-21(28)10-8-19/h2-11,28H,12-16H2,1H3. The summed E-state index contributed by atoms with van der Waals surface area (Å²) in [6, 6.07) is 17.4. The van der Waals surface area contributed by atoms with Crippen LogP contribution in [0.25, 0.3) is 5.57 Å². The zero-order valence-electron chi connectivity index (χ0n) is 16.9. The van der Waals surface area contributed by atoms with E-state index in [9.17, 15) is 9.90 Å². The number of hydrogen-bond acceptors (Lipinski definition) is 5. The van der Waals surface area contributed by atoms with Gasteiger partial charge in [0.15, 0.2) is 5.16 Å². The lowest BCUT2D eigenvalue weighted by Gasteiger charge is -2.26. The van der Waals surface area contributed by atoms with Gasteiger partial charge in [0.25, 0.3) is 0 Å². The molecule has 154 valence electrons. The normalized spacial score (nSPS) is 13.9. The third-order valence-corrected chi connectivity index (χ3v) is 6.16. The van der Waals surface area contributed by atoms with Crippen LogP contribution in [-0.2, 0) is 11.3 Å². The van der Waals surface area contributed by atoms with Gasteiger partial charge in [-0.25, -0.2) is 0 Å². The molecule has 0 spiro atoms. The molecular formula is C23H24N4O2S. The Labute approximate surface area is 180 Å². The van der Waals surface area contributed by atoms with Gasteiger partial charge in [0.2, 0.25) is 5.91 Å². The molecule has 2 aromatic carbocycles. The van der Waals surface area contributed by atoms with Crippen LogP contribution in [0.5, 0.6) is 5.75 Å². The van der Waals surface area contributed by atoms with E-state index in [1.807, 2.05) is 46.7 Å². The van der Waals surface area contributed by atoms with Crippen molar-refractivity contribution in [2.24, 2.45) is 0 Å². The zero-order valence-corrected chi connectivity index (χ0v) is 17.7. The van der Waals surface area contributed by atoms with Gasteiger partial charge in [-0.3, -0.25) is 4.79 Å². The van der Waals surface area contributed by atoms with Crippen LogP contribution in [0.15, 0.2) is 65.8 Å². The predicted molar refractivity (Wildman–Crippen MR) is 118 cm³/mol. The fraction of sp³-hybridized carbons (Fsp3) is 0.261. The SMILES string of the molecule is Cc1nnc(SCC(=O)N2CC=C(c3ccc(O)cc3)CC2)n1Cc1ccccc1. The highest BCUT2D eigenvalue weighted by atomic mass is 32.2. The van der Waals surface area contributed by atoms with Gasteiger partial charge in [-0.1, -0.05) is 60.3 Å². The van der Waals surface area contributed by atoms with Gasteiger partial charge in [0.1, 0.15) is 11.6 Å². The Hall–Kier alpha value is -3.06. The number of amides is 1. The number of phenolic OH excluding ortho intramolecular Hbond substituents is 1. The fourth-order valence-corrected chi connectivity index (χ4v) is 4.35. The van der Waals surface area contributed by atoms with E-state index in [4.69, 9.17) is 0 Å². The van der Waals surface area contributed by atoms with Gasteiger partial charge < -0.3 is 14.6 Å². The Bertz CT molecular complexity index is 1040. The Balaban J connectivity index is 1.35. The van der Waals surface area contributed by atoms with E-state index in [1.165, 1.54) is 22.9 Å². The molecule has 0 bridgehead atoms. The van der Waals surface area contributed by atoms with E-state index in [1.54, 1.807) is 12.1 Å². The van der Waals surface area contributed by atoms with Crippen LogP contribution in [0.4, 0.5) is 0 Å². The first-order valence-corrected chi connectivity index (χ1v) is 10.9. The van der Waals surface area contributed by atoms with Crippen LogP contribution >= 0.6 is 11.8 Å². The minimum atomic E-state index is 0.105. The number of phenols is 1. The van der Waals surface area contributed by atoms with Crippen molar-refractivity contribution in [3.05, 3.63) is 77.6 Å². The largest absolute Gasteiger partial charge is 0.508 e. The number of thioether (sulfide) groups is 1. The molecule has 1 N–H and O–H groups in total. The third kappa shape index (κ3) is 4.74. The highest BCUT2D eigenvalue weighted by Crippen LogP contribution is 2.25. The number of hydrogen-bond donors (Lipinski definition) is 1. The molecule has 7 heteroatoms. The van der Waals surface area contributed by atoms with Crippen molar-refractivity contribution < 1.29 is 9.90 Å². The maximum Gasteiger partial charge on any atom is 0.233 e. The lowest BCUT2D eigenvalue weighted by molar-refractivity contribution is -0.127. The van der Waals surface area contributed by atoms with Crippen molar-refractivity contribution in [1.29, 1.82) is 0 Å². The summed E-state index contributed by atoms with van der Waals surface area (Å²) in [7, 11) is 0. The molecule has 1 amide bonds. The number of rotatable bonds is 6. The van der Waals surface area contributed by atoms with Gasteiger partial charge in [0, 0.05) is 13.1 Å². The number of aromatic hydroxyl groups is 1. The van der Waals surface area contributed by atoms with E-state index in [-0.39, 0.29) is 11.7 Å². The molecule has 0 saturated carbocycles. The highest BCUT2D eigenvalue weighted by molar-refractivity contribution is 7.99. The maximum atomic E-state index is 12.7. The van der Waals surface area contributed by atoms with Crippen molar-refractivity contribution in [1.82, 2.24) is 19.7 Å². The molecule has 0 radical (unpaired) electrons. The average molecular weight is 421 g/mol. The van der Waals surface area contributed by atoms with Crippen molar-refractivity contribution in [2.45, 2.75) is 25.0 Å².